The smallest absolute Gasteiger partial charge is 0.313 e. The molecule has 2 rings (SSSR count). The van der Waals surface area contributed by atoms with E-state index in [4.69, 9.17) is 0 Å². The fourth-order valence-electron chi connectivity index (χ4n) is 2.27. The number of nitrogens with zero attached hydrogens (tertiary/aromatic N) is 3. The predicted octanol–water partition coefficient (Wildman–Crippen LogP) is 1.68. The number of carbonyl (C=O) groups is 1. The monoisotopic (exact) mass is 338 g/mol. The van der Waals surface area contributed by atoms with Crippen molar-refractivity contribution in [3.63, 3.8) is 0 Å². The molecule has 2 heterocycles. The second kappa shape index (κ2) is 7.16. The number of Topliss-reactive ketones (excluding diaryl/α,β-unsaturated/α-hetero) is 1. The van der Waals surface area contributed by atoms with Crippen LogP contribution in [-0.2, 0) is 18.4 Å². The first-order valence-electron chi connectivity index (χ1n) is 7.73. The highest BCUT2D eigenvalue weighted by Gasteiger charge is 2.20. The number of nitrogens with one attached hydrogen (secondary N) is 1. The van der Waals surface area contributed by atoms with Gasteiger partial charge in [-0.3, -0.25) is 19.1 Å². The molecule has 0 aliphatic carbocycles. The molecule has 0 radical (unpaired) electrons. The summed E-state index contributed by atoms with van der Waals surface area (Å²) in [5.41, 5.74) is -0.179. The third-order valence-electron chi connectivity index (χ3n) is 3.81. The van der Waals surface area contributed by atoms with Crippen molar-refractivity contribution in [3.05, 3.63) is 20.8 Å². The molecule has 0 saturated carbocycles. The van der Waals surface area contributed by atoms with E-state index in [9.17, 15) is 14.4 Å². The minimum absolute atomic E-state index is 0.0463. The van der Waals surface area contributed by atoms with Gasteiger partial charge < -0.3 is 4.57 Å². The second-order valence-corrected chi connectivity index (χ2v) is 6.92. The van der Waals surface area contributed by atoms with Gasteiger partial charge in [-0.15, -0.1) is 0 Å². The summed E-state index contributed by atoms with van der Waals surface area (Å²) in [6.07, 6.45) is 3.01. The molecule has 7 nitrogen and oxygen atoms in total. The highest BCUT2D eigenvalue weighted by Crippen LogP contribution is 2.26. The zero-order chi connectivity index (χ0) is 17.1. The lowest BCUT2D eigenvalue weighted by molar-refractivity contribution is -0.116. The van der Waals surface area contributed by atoms with E-state index in [-0.39, 0.29) is 11.0 Å². The van der Waals surface area contributed by atoms with Crippen LogP contribution in [0.25, 0.3) is 11.2 Å². The molecule has 0 fully saturated rings. The summed E-state index contributed by atoms with van der Waals surface area (Å²) < 4.78 is 3.16. The maximum atomic E-state index is 12.2. The molecule has 126 valence electrons. The van der Waals surface area contributed by atoms with Gasteiger partial charge in [0.15, 0.2) is 16.3 Å². The van der Waals surface area contributed by atoms with Gasteiger partial charge in [0.05, 0.1) is 5.25 Å². The highest BCUT2D eigenvalue weighted by atomic mass is 32.2. The van der Waals surface area contributed by atoms with E-state index >= 15 is 0 Å². The molecule has 0 amide bonds. The van der Waals surface area contributed by atoms with E-state index in [1.165, 1.54) is 23.3 Å². The van der Waals surface area contributed by atoms with Crippen molar-refractivity contribution in [3.8, 4) is 0 Å². The molecular formula is C15H22N4O3S. The Kier molecular flexibility index (Phi) is 5.46. The quantitative estimate of drug-likeness (QED) is 0.613. The zero-order valence-electron chi connectivity index (χ0n) is 13.9. The third-order valence-corrected chi connectivity index (χ3v) is 5.02. The first kappa shape index (κ1) is 17.5. The molecule has 0 unspecified atom stereocenters. The molecule has 23 heavy (non-hydrogen) atoms. The van der Waals surface area contributed by atoms with Gasteiger partial charge in [-0.2, -0.15) is 0 Å². The Morgan fingerprint density at radius 2 is 2.04 bits per heavy atom. The molecule has 1 N–H and O–H groups in total. The van der Waals surface area contributed by atoms with Crippen molar-refractivity contribution in [2.24, 2.45) is 7.05 Å². The zero-order valence-corrected chi connectivity index (χ0v) is 14.7. The molecule has 0 bridgehead atoms. The number of unbranched alkanes of at least 4 members (excludes halogenated alkanes) is 2. The number of thioether (sulfide) groups is 1. The van der Waals surface area contributed by atoms with Gasteiger partial charge in [-0.05, 0) is 20.3 Å². The molecule has 1 atom stereocenters. The Hall–Kier alpha value is -1.83. The summed E-state index contributed by atoms with van der Waals surface area (Å²) in [5, 5.41) is 0.346. The number of hydrogen-bond acceptors (Lipinski definition) is 5. The second-order valence-electron chi connectivity index (χ2n) is 5.61. The molecule has 0 saturated heterocycles. The van der Waals surface area contributed by atoms with Crippen LogP contribution in [0.2, 0.25) is 0 Å². The topological polar surface area (TPSA) is 89.8 Å². The van der Waals surface area contributed by atoms with E-state index in [2.05, 4.69) is 16.9 Å². The van der Waals surface area contributed by atoms with Crippen LogP contribution in [0.4, 0.5) is 0 Å². The summed E-state index contributed by atoms with van der Waals surface area (Å²) in [6, 6.07) is 0. The van der Waals surface area contributed by atoms with Crippen LogP contribution in [0.5, 0.6) is 0 Å². The van der Waals surface area contributed by atoms with Gasteiger partial charge in [-0.25, -0.2) is 9.78 Å². The van der Waals surface area contributed by atoms with Crippen LogP contribution in [0.3, 0.4) is 0 Å². The lowest BCUT2D eigenvalue weighted by Crippen LogP contribution is -2.29. The first-order chi connectivity index (χ1) is 10.9. The van der Waals surface area contributed by atoms with Crippen molar-refractivity contribution in [2.75, 3.05) is 0 Å². The van der Waals surface area contributed by atoms with Crippen molar-refractivity contribution in [1.82, 2.24) is 19.1 Å². The molecule has 0 aromatic carbocycles. The molecule has 2 aromatic rings. The van der Waals surface area contributed by atoms with E-state index in [0.717, 1.165) is 19.3 Å². The van der Waals surface area contributed by atoms with Crippen LogP contribution in [0, 0.1) is 0 Å². The predicted molar refractivity (Wildman–Crippen MR) is 91.1 cm³/mol. The van der Waals surface area contributed by atoms with Gasteiger partial charge in [-0.1, -0.05) is 31.5 Å². The molecule has 0 spiro atoms. The summed E-state index contributed by atoms with van der Waals surface area (Å²) in [4.78, 5) is 42.3. The number of carbonyl (C=O) groups excluding carboxylic acids is 1. The van der Waals surface area contributed by atoms with Gasteiger partial charge in [0, 0.05) is 13.6 Å². The van der Waals surface area contributed by atoms with Crippen LogP contribution >= 0.6 is 11.8 Å². The van der Waals surface area contributed by atoms with Crippen LogP contribution in [0.15, 0.2) is 14.7 Å². The minimum atomic E-state index is -0.489. The number of hydrogen-bond donors (Lipinski definition) is 1. The number of aromatic nitrogens is 4. The lowest BCUT2D eigenvalue weighted by atomic mass is 10.2. The van der Waals surface area contributed by atoms with Crippen molar-refractivity contribution < 1.29 is 4.79 Å². The average Bonchev–Trinajstić information content (AvgIpc) is 2.84. The largest absolute Gasteiger partial charge is 0.329 e. The number of fused-ring (bicyclic) bond motifs is 1. The number of aryl methyl sites for hydroxylation is 2. The fraction of sp³-hybridized carbons (Fsp3) is 0.600. The van der Waals surface area contributed by atoms with Crippen LogP contribution < -0.4 is 11.2 Å². The van der Waals surface area contributed by atoms with E-state index < -0.39 is 11.2 Å². The summed E-state index contributed by atoms with van der Waals surface area (Å²) in [7, 11) is 1.58. The Morgan fingerprint density at radius 3 is 2.65 bits per heavy atom. The minimum Gasteiger partial charge on any atom is -0.313 e. The number of imidazole rings is 1. The number of rotatable bonds is 7. The summed E-state index contributed by atoms with van der Waals surface area (Å²) in [6.45, 7) is 6.09. The van der Waals surface area contributed by atoms with Gasteiger partial charge in [0.2, 0.25) is 0 Å². The number of H-pyrrole nitrogens is 1. The molecular weight excluding hydrogens is 316 g/mol. The van der Waals surface area contributed by atoms with Crippen molar-refractivity contribution in [2.45, 2.75) is 57.0 Å². The van der Waals surface area contributed by atoms with Crippen molar-refractivity contribution >= 4 is 28.7 Å². The van der Waals surface area contributed by atoms with Gasteiger partial charge >= 0.3 is 5.69 Å². The van der Waals surface area contributed by atoms with E-state index in [0.29, 0.717) is 22.9 Å². The third kappa shape index (κ3) is 3.57. The lowest BCUT2D eigenvalue weighted by Gasteiger charge is -2.10. The Balaban J connectivity index is 2.59. The fourth-order valence-corrected chi connectivity index (χ4v) is 3.20. The maximum absolute atomic E-state index is 12.2. The Morgan fingerprint density at radius 1 is 1.35 bits per heavy atom. The van der Waals surface area contributed by atoms with E-state index in [1.807, 2.05) is 11.5 Å². The first-order valence-corrected chi connectivity index (χ1v) is 8.61. The summed E-state index contributed by atoms with van der Waals surface area (Å²) >= 11 is 1.32. The Labute approximate surface area is 138 Å². The summed E-state index contributed by atoms with van der Waals surface area (Å²) in [5.74, 6) is 0.0463. The number of aromatic amines is 1. The molecule has 0 aliphatic heterocycles. The van der Waals surface area contributed by atoms with Crippen LogP contribution in [0.1, 0.15) is 40.0 Å². The van der Waals surface area contributed by atoms with Gasteiger partial charge in [0.25, 0.3) is 5.56 Å². The van der Waals surface area contributed by atoms with Crippen molar-refractivity contribution in [1.29, 1.82) is 0 Å². The normalized spacial score (nSPS) is 12.7. The molecule has 2 aromatic heterocycles. The standard InChI is InChI=1S/C15H22N4O3S/c1-5-6-7-8-19-11-12(18(4)14(22)17-13(11)21)16-15(19)23-10(3)9(2)20/h10H,5-8H2,1-4H3,(H,17,21,22)/t10-/m0/s1. The van der Waals surface area contributed by atoms with Crippen LogP contribution in [-0.4, -0.2) is 30.1 Å². The average molecular weight is 338 g/mol. The molecule has 0 aliphatic rings. The van der Waals surface area contributed by atoms with Gasteiger partial charge in [0.1, 0.15) is 5.78 Å². The SMILES string of the molecule is CCCCCn1c(S[C@@H](C)C(C)=O)nc2c1c(=O)[nH]c(=O)n2C. The highest BCUT2D eigenvalue weighted by molar-refractivity contribution is 8.00. The maximum Gasteiger partial charge on any atom is 0.329 e. The Bertz CT molecular complexity index is 834. The molecule has 8 heteroatoms. The number of ketones is 1. The van der Waals surface area contributed by atoms with E-state index in [1.54, 1.807) is 7.05 Å².